The zero-order valence-corrected chi connectivity index (χ0v) is 14.3. The Labute approximate surface area is 129 Å². The lowest BCUT2D eigenvalue weighted by atomic mass is 9.75. The summed E-state index contributed by atoms with van der Waals surface area (Å²) in [6.45, 7) is 1.07. The lowest BCUT2D eigenvalue weighted by molar-refractivity contribution is 0.0683. The molecule has 1 fully saturated rings. The van der Waals surface area contributed by atoms with E-state index in [0.717, 1.165) is 16.6 Å². The largest absolute Gasteiger partial charge is 0.372 e. The molecule has 1 aromatic carbocycles. The molecule has 1 saturated carbocycles. The standard InChI is InChI=1S/C15H22BrClN2/c1-18(2)15(7-4-8-15)11-19(3)14-6-5-12(10-17)9-13(14)16/h5-6,9H,4,7-8,10-11H2,1-3H3. The summed E-state index contributed by atoms with van der Waals surface area (Å²) in [7, 11) is 6.56. The highest BCUT2D eigenvalue weighted by Gasteiger charge is 2.40. The van der Waals surface area contributed by atoms with E-state index < -0.39 is 0 Å². The third-order valence-corrected chi connectivity index (χ3v) is 5.29. The molecule has 19 heavy (non-hydrogen) atoms. The summed E-state index contributed by atoms with van der Waals surface area (Å²) < 4.78 is 1.13. The minimum atomic E-state index is 0.347. The first kappa shape index (κ1) is 15.1. The van der Waals surface area contributed by atoms with E-state index in [4.69, 9.17) is 11.6 Å². The van der Waals surface area contributed by atoms with E-state index in [-0.39, 0.29) is 0 Å². The molecule has 1 aliphatic rings. The summed E-state index contributed by atoms with van der Waals surface area (Å²) in [5.74, 6) is 0.560. The van der Waals surface area contributed by atoms with Gasteiger partial charge in [0.2, 0.25) is 0 Å². The molecular weight excluding hydrogens is 324 g/mol. The van der Waals surface area contributed by atoms with Gasteiger partial charge in [-0.15, -0.1) is 11.6 Å². The molecule has 0 atom stereocenters. The van der Waals surface area contributed by atoms with E-state index in [9.17, 15) is 0 Å². The third-order valence-electron chi connectivity index (χ3n) is 4.34. The van der Waals surface area contributed by atoms with Crippen LogP contribution in [0.1, 0.15) is 24.8 Å². The van der Waals surface area contributed by atoms with Gasteiger partial charge in [0.05, 0.1) is 5.69 Å². The SMILES string of the molecule is CN(CC1(N(C)C)CCC1)c1ccc(CCl)cc1Br. The van der Waals surface area contributed by atoms with Crippen LogP contribution in [0.25, 0.3) is 0 Å². The lowest BCUT2D eigenvalue weighted by Crippen LogP contribution is -2.56. The molecule has 0 N–H and O–H groups in total. The number of hydrogen-bond acceptors (Lipinski definition) is 2. The van der Waals surface area contributed by atoms with E-state index in [1.807, 2.05) is 0 Å². The Hall–Kier alpha value is -0.250. The van der Waals surface area contributed by atoms with Gasteiger partial charge < -0.3 is 9.80 Å². The molecule has 2 rings (SSSR count). The molecule has 0 saturated heterocycles. The number of hydrogen-bond donors (Lipinski definition) is 0. The summed E-state index contributed by atoms with van der Waals surface area (Å²) in [4.78, 5) is 4.73. The van der Waals surface area contributed by atoms with Crippen molar-refractivity contribution in [3.05, 3.63) is 28.2 Å². The Kier molecular flexibility index (Phi) is 4.80. The van der Waals surface area contributed by atoms with Crippen molar-refractivity contribution in [2.75, 3.05) is 32.6 Å². The van der Waals surface area contributed by atoms with Crippen LogP contribution in [0.4, 0.5) is 5.69 Å². The van der Waals surface area contributed by atoms with Crippen molar-refractivity contribution in [3.8, 4) is 0 Å². The van der Waals surface area contributed by atoms with Gasteiger partial charge in [0, 0.05) is 29.5 Å². The van der Waals surface area contributed by atoms with Gasteiger partial charge in [-0.3, -0.25) is 0 Å². The number of anilines is 1. The first-order valence-electron chi connectivity index (χ1n) is 6.71. The number of halogens is 2. The highest BCUT2D eigenvalue weighted by Crippen LogP contribution is 2.38. The molecule has 0 bridgehead atoms. The van der Waals surface area contributed by atoms with Crippen LogP contribution in [0.15, 0.2) is 22.7 Å². The third kappa shape index (κ3) is 3.09. The molecule has 2 nitrogen and oxygen atoms in total. The van der Waals surface area contributed by atoms with Crippen LogP contribution in [-0.4, -0.2) is 38.1 Å². The van der Waals surface area contributed by atoms with Gasteiger partial charge in [-0.05, 0) is 67.0 Å². The van der Waals surface area contributed by atoms with E-state index in [0.29, 0.717) is 11.4 Å². The predicted octanol–water partition coefficient (Wildman–Crippen LogP) is 4.11. The first-order valence-corrected chi connectivity index (χ1v) is 8.04. The van der Waals surface area contributed by atoms with Crippen LogP contribution in [0.3, 0.4) is 0 Å². The maximum atomic E-state index is 5.87. The molecule has 0 radical (unpaired) electrons. The smallest absolute Gasteiger partial charge is 0.0508 e. The fourth-order valence-corrected chi connectivity index (χ4v) is 3.70. The van der Waals surface area contributed by atoms with Crippen LogP contribution >= 0.6 is 27.5 Å². The Morgan fingerprint density at radius 3 is 2.37 bits per heavy atom. The topological polar surface area (TPSA) is 6.48 Å². The molecule has 4 heteroatoms. The number of benzene rings is 1. The van der Waals surface area contributed by atoms with E-state index in [2.05, 4.69) is 65.1 Å². The first-order chi connectivity index (χ1) is 8.98. The minimum absolute atomic E-state index is 0.347. The second-order valence-corrected chi connectivity index (χ2v) is 6.87. The van der Waals surface area contributed by atoms with Gasteiger partial charge in [0.1, 0.15) is 0 Å². The normalized spacial score (nSPS) is 17.4. The Morgan fingerprint density at radius 2 is 1.95 bits per heavy atom. The predicted molar refractivity (Wildman–Crippen MR) is 87.2 cm³/mol. The van der Waals surface area contributed by atoms with Crippen molar-refractivity contribution >= 4 is 33.2 Å². The molecule has 1 aromatic rings. The summed E-state index contributed by atoms with van der Waals surface area (Å²) in [6.07, 6.45) is 3.93. The van der Waals surface area contributed by atoms with Crippen molar-refractivity contribution in [2.24, 2.45) is 0 Å². The number of rotatable bonds is 5. The maximum absolute atomic E-state index is 5.87. The highest BCUT2D eigenvalue weighted by molar-refractivity contribution is 9.10. The van der Waals surface area contributed by atoms with E-state index >= 15 is 0 Å². The van der Waals surface area contributed by atoms with Crippen LogP contribution in [0.5, 0.6) is 0 Å². The summed E-state index contributed by atoms with van der Waals surface area (Å²) >= 11 is 9.53. The molecule has 0 aliphatic heterocycles. The molecule has 0 spiro atoms. The molecule has 0 aromatic heterocycles. The summed E-state index contributed by atoms with van der Waals surface area (Å²) in [5.41, 5.74) is 2.73. The van der Waals surface area contributed by atoms with Crippen molar-refractivity contribution in [2.45, 2.75) is 30.7 Å². The van der Waals surface area contributed by atoms with Crippen LogP contribution in [0, 0.1) is 0 Å². The van der Waals surface area contributed by atoms with E-state index in [1.54, 1.807) is 0 Å². The minimum Gasteiger partial charge on any atom is -0.372 e. The van der Waals surface area contributed by atoms with Gasteiger partial charge >= 0.3 is 0 Å². The molecule has 106 valence electrons. The molecular formula is C15H22BrClN2. The quantitative estimate of drug-likeness (QED) is 0.741. The van der Waals surface area contributed by atoms with Gasteiger partial charge in [-0.2, -0.15) is 0 Å². The van der Waals surface area contributed by atoms with Crippen molar-refractivity contribution in [1.29, 1.82) is 0 Å². The van der Waals surface area contributed by atoms with Crippen LogP contribution in [0.2, 0.25) is 0 Å². The summed E-state index contributed by atoms with van der Waals surface area (Å²) in [5, 5.41) is 0. The fourth-order valence-electron chi connectivity index (χ4n) is 2.80. The average molecular weight is 346 g/mol. The molecule has 1 aliphatic carbocycles. The maximum Gasteiger partial charge on any atom is 0.0508 e. The number of alkyl halides is 1. The second kappa shape index (κ2) is 6.02. The Bertz CT molecular complexity index is 444. The van der Waals surface area contributed by atoms with Crippen molar-refractivity contribution in [3.63, 3.8) is 0 Å². The van der Waals surface area contributed by atoms with Crippen molar-refractivity contribution in [1.82, 2.24) is 4.90 Å². The van der Waals surface area contributed by atoms with Crippen LogP contribution < -0.4 is 4.90 Å². The van der Waals surface area contributed by atoms with Crippen LogP contribution in [-0.2, 0) is 5.88 Å². The molecule has 0 unspecified atom stereocenters. The molecule has 0 heterocycles. The zero-order chi connectivity index (χ0) is 14.0. The van der Waals surface area contributed by atoms with Gasteiger partial charge in [0.15, 0.2) is 0 Å². The second-order valence-electron chi connectivity index (χ2n) is 5.75. The average Bonchev–Trinajstić information content (AvgIpc) is 2.32. The summed E-state index contributed by atoms with van der Waals surface area (Å²) in [6, 6.07) is 6.37. The zero-order valence-electron chi connectivity index (χ0n) is 11.9. The monoisotopic (exact) mass is 344 g/mol. The highest BCUT2D eigenvalue weighted by atomic mass is 79.9. The molecule has 0 amide bonds. The number of likely N-dealkylation sites (N-methyl/N-ethyl adjacent to an activating group) is 2. The van der Waals surface area contributed by atoms with Crippen molar-refractivity contribution < 1.29 is 0 Å². The number of nitrogens with zero attached hydrogens (tertiary/aromatic N) is 2. The Morgan fingerprint density at radius 1 is 1.26 bits per heavy atom. The van der Waals surface area contributed by atoms with E-state index in [1.165, 1.54) is 24.9 Å². The van der Waals surface area contributed by atoms with Gasteiger partial charge in [0.25, 0.3) is 0 Å². The van der Waals surface area contributed by atoms with Gasteiger partial charge in [-0.1, -0.05) is 6.07 Å². The fraction of sp³-hybridized carbons (Fsp3) is 0.600. The Balaban J connectivity index is 2.13. The van der Waals surface area contributed by atoms with Gasteiger partial charge in [-0.25, -0.2) is 0 Å². The lowest BCUT2D eigenvalue weighted by Gasteiger charge is -2.49.